The number of phenols is 2. The Bertz CT molecular complexity index is 1320. The van der Waals surface area contributed by atoms with Crippen molar-refractivity contribution in [2.24, 2.45) is 0 Å². The first-order valence-electron chi connectivity index (χ1n) is 11.3. The summed E-state index contributed by atoms with van der Waals surface area (Å²) in [5.74, 6) is -1.55. The van der Waals surface area contributed by atoms with Gasteiger partial charge in [-0.05, 0) is 66.9 Å². The Hall–Kier alpha value is -3.54. The van der Waals surface area contributed by atoms with E-state index in [0.717, 1.165) is 28.9 Å². The second-order valence-corrected chi connectivity index (χ2v) is 9.67. The van der Waals surface area contributed by atoms with E-state index in [1.165, 1.54) is 0 Å². The minimum absolute atomic E-state index is 0.0306. The molecule has 0 aliphatic heterocycles. The van der Waals surface area contributed by atoms with Gasteiger partial charge >= 0.3 is 0 Å². The summed E-state index contributed by atoms with van der Waals surface area (Å²) in [6, 6.07) is 1.12. The van der Waals surface area contributed by atoms with E-state index in [4.69, 9.17) is 4.42 Å². The number of carbonyl (C=O) groups excluding carboxylic acids is 1. The highest BCUT2D eigenvalue weighted by molar-refractivity contribution is 6.08. The molecule has 180 valence electrons. The molecule has 0 unspecified atom stereocenters. The van der Waals surface area contributed by atoms with Crippen LogP contribution in [0.4, 0.5) is 0 Å². The lowest BCUT2D eigenvalue weighted by atomic mass is 9.69. The van der Waals surface area contributed by atoms with Crippen LogP contribution in [0.2, 0.25) is 0 Å². The van der Waals surface area contributed by atoms with Gasteiger partial charge in [0.25, 0.3) is 0 Å². The Morgan fingerprint density at radius 3 is 1.97 bits per heavy atom. The van der Waals surface area contributed by atoms with E-state index >= 15 is 0 Å². The number of rotatable bonds is 6. The highest BCUT2D eigenvalue weighted by Gasteiger charge is 2.48. The van der Waals surface area contributed by atoms with E-state index in [1.807, 2.05) is 59.8 Å². The van der Waals surface area contributed by atoms with Gasteiger partial charge in [-0.2, -0.15) is 0 Å². The molecule has 6 nitrogen and oxygen atoms in total. The first-order valence-corrected chi connectivity index (χ1v) is 11.3. The Kier molecular flexibility index (Phi) is 6.92. The molecule has 0 spiro atoms. The van der Waals surface area contributed by atoms with Crippen molar-refractivity contribution in [3.63, 3.8) is 0 Å². The number of aliphatic hydroxyl groups excluding tert-OH is 1. The largest absolute Gasteiger partial charge is 0.507 e. The summed E-state index contributed by atoms with van der Waals surface area (Å²) >= 11 is 0. The maximum absolute atomic E-state index is 13.6. The third-order valence-corrected chi connectivity index (χ3v) is 6.08. The monoisotopic (exact) mass is 464 g/mol. The summed E-state index contributed by atoms with van der Waals surface area (Å²) in [7, 11) is 0. The fourth-order valence-corrected chi connectivity index (χ4v) is 4.15. The molecule has 1 aliphatic carbocycles. The number of carbonyl (C=O) groups is 1. The van der Waals surface area contributed by atoms with Gasteiger partial charge in [-0.1, -0.05) is 34.9 Å². The van der Waals surface area contributed by atoms with Crippen molar-refractivity contribution in [3.05, 3.63) is 73.9 Å². The highest BCUT2D eigenvalue weighted by atomic mass is 16.3. The minimum Gasteiger partial charge on any atom is -0.507 e. The van der Waals surface area contributed by atoms with Gasteiger partial charge in [-0.25, -0.2) is 0 Å². The second kappa shape index (κ2) is 9.37. The lowest BCUT2D eigenvalue weighted by Crippen LogP contribution is -2.41. The van der Waals surface area contributed by atoms with Gasteiger partial charge in [0, 0.05) is 11.6 Å². The van der Waals surface area contributed by atoms with Crippen molar-refractivity contribution >= 4 is 22.8 Å². The summed E-state index contributed by atoms with van der Waals surface area (Å²) in [5, 5.41) is 31.6. The zero-order chi connectivity index (χ0) is 25.4. The minimum atomic E-state index is -1.34. The molecule has 2 aromatic rings. The summed E-state index contributed by atoms with van der Waals surface area (Å²) in [5.41, 5.74) is 1.47. The predicted octanol–water partition coefficient (Wildman–Crippen LogP) is 6.14. The average Bonchev–Trinajstić information content (AvgIpc) is 2.73. The number of allylic oxidation sites excluding steroid dienone is 7. The number of hydrogen-bond acceptors (Lipinski definition) is 6. The van der Waals surface area contributed by atoms with E-state index in [2.05, 4.69) is 0 Å². The molecular formula is C28H32O6. The SMILES string of the molecule is CC(C)=CCc1c(O)cc(O)c2c(=O)c3c(oc12)C(CC=C(C)C)(CC=C(C)C)C(=O)C(O)=C3. The molecule has 0 atom stereocenters. The fourth-order valence-electron chi connectivity index (χ4n) is 4.15. The number of Topliss-reactive ketones (excluding diaryl/α,β-unsaturated/α-hetero) is 1. The number of aromatic hydroxyl groups is 2. The van der Waals surface area contributed by atoms with E-state index < -0.39 is 28.1 Å². The average molecular weight is 465 g/mol. The van der Waals surface area contributed by atoms with Gasteiger partial charge in [0.05, 0.1) is 5.56 Å². The molecule has 0 saturated heterocycles. The molecule has 0 radical (unpaired) electrons. The molecule has 1 aromatic carbocycles. The summed E-state index contributed by atoms with van der Waals surface area (Å²) in [6.07, 6.45) is 7.46. The van der Waals surface area contributed by atoms with Gasteiger partial charge in [-0.3, -0.25) is 9.59 Å². The molecule has 3 rings (SSSR count). The van der Waals surface area contributed by atoms with Gasteiger partial charge in [0.15, 0.2) is 5.76 Å². The normalized spacial score (nSPS) is 14.3. The maximum atomic E-state index is 13.6. The molecule has 34 heavy (non-hydrogen) atoms. The molecule has 0 bridgehead atoms. The van der Waals surface area contributed by atoms with Crippen LogP contribution in [0, 0.1) is 0 Å². The van der Waals surface area contributed by atoms with Gasteiger partial charge < -0.3 is 19.7 Å². The van der Waals surface area contributed by atoms with Gasteiger partial charge in [0.2, 0.25) is 11.2 Å². The van der Waals surface area contributed by atoms with Crippen LogP contribution < -0.4 is 5.43 Å². The highest BCUT2D eigenvalue weighted by Crippen LogP contribution is 2.44. The Morgan fingerprint density at radius 2 is 1.44 bits per heavy atom. The zero-order valence-electron chi connectivity index (χ0n) is 20.6. The van der Waals surface area contributed by atoms with E-state index in [9.17, 15) is 24.9 Å². The molecule has 1 heterocycles. The first-order chi connectivity index (χ1) is 15.9. The number of benzene rings is 1. The molecule has 6 heteroatoms. The summed E-state index contributed by atoms with van der Waals surface area (Å²) in [6.45, 7) is 11.4. The quantitative estimate of drug-likeness (QED) is 0.443. The first kappa shape index (κ1) is 25.1. The smallest absolute Gasteiger partial charge is 0.211 e. The molecule has 1 aromatic heterocycles. The van der Waals surface area contributed by atoms with E-state index in [-0.39, 0.29) is 47.3 Å². The number of fused-ring (bicyclic) bond motifs is 2. The number of aliphatic hydroxyl groups is 1. The molecule has 0 saturated carbocycles. The Balaban J connectivity index is 2.50. The Labute approximate surface area is 199 Å². The second-order valence-electron chi connectivity index (χ2n) is 9.67. The summed E-state index contributed by atoms with van der Waals surface area (Å²) in [4.78, 5) is 27.1. The van der Waals surface area contributed by atoms with Gasteiger partial charge in [0.1, 0.15) is 33.6 Å². The predicted molar refractivity (Wildman–Crippen MR) is 134 cm³/mol. The van der Waals surface area contributed by atoms with Crippen LogP contribution in [0.15, 0.2) is 56.0 Å². The van der Waals surface area contributed by atoms with Crippen molar-refractivity contribution < 1.29 is 24.5 Å². The van der Waals surface area contributed by atoms with Crippen molar-refractivity contribution in [3.8, 4) is 11.5 Å². The van der Waals surface area contributed by atoms with Crippen LogP contribution in [0.5, 0.6) is 11.5 Å². The van der Waals surface area contributed by atoms with Crippen LogP contribution in [0.3, 0.4) is 0 Å². The van der Waals surface area contributed by atoms with Crippen molar-refractivity contribution in [2.75, 3.05) is 0 Å². The Morgan fingerprint density at radius 1 is 0.882 bits per heavy atom. The van der Waals surface area contributed by atoms with Crippen molar-refractivity contribution in [2.45, 2.75) is 66.2 Å². The van der Waals surface area contributed by atoms with Crippen LogP contribution >= 0.6 is 0 Å². The lowest BCUT2D eigenvalue weighted by Gasteiger charge is -2.33. The van der Waals surface area contributed by atoms with Crippen molar-refractivity contribution in [1.29, 1.82) is 0 Å². The van der Waals surface area contributed by atoms with Crippen LogP contribution in [-0.4, -0.2) is 21.1 Å². The lowest BCUT2D eigenvalue weighted by molar-refractivity contribution is -0.124. The topological polar surface area (TPSA) is 108 Å². The molecular weight excluding hydrogens is 432 g/mol. The van der Waals surface area contributed by atoms with Crippen LogP contribution in [-0.2, 0) is 16.6 Å². The fraction of sp³-hybridized carbons (Fsp3) is 0.357. The molecule has 1 aliphatic rings. The maximum Gasteiger partial charge on any atom is 0.211 e. The molecule has 0 fully saturated rings. The van der Waals surface area contributed by atoms with Gasteiger partial charge in [-0.15, -0.1) is 0 Å². The standard InChI is InChI=1S/C28H32O6/c1-15(2)7-8-18-20(29)14-21(30)23-24(32)19-13-22(31)26(33)28(11-9-16(3)4,12-10-17(5)6)27(19)34-25(18)23/h7,9-10,13-14,29-31H,8,11-12H2,1-6H3. The third-order valence-electron chi connectivity index (χ3n) is 6.08. The molecule has 0 amide bonds. The van der Waals surface area contributed by atoms with Crippen molar-refractivity contribution in [1.82, 2.24) is 0 Å². The van der Waals surface area contributed by atoms with E-state index in [0.29, 0.717) is 5.56 Å². The number of ketones is 1. The van der Waals surface area contributed by atoms with Crippen LogP contribution in [0.1, 0.15) is 71.3 Å². The van der Waals surface area contributed by atoms with E-state index in [1.54, 1.807) is 0 Å². The molecule has 3 N–H and O–H groups in total. The zero-order valence-corrected chi connectivity index (χ0v) is 20.6. The number of hydrogen-bond donors (Lipinski definition) is 3. The number of phenolic OH excluding ortho intramolecular Hbond substituents is 2. The summed E-state index contributed by atoms with van der Waals surface area (Å²) < 4.78 is 6.31. The van der Waals surface area contributed by atoms with Crippen LogP contribution in [0.25, 0.3) is 17.0 Å². The third kappa shape index (κ3) is 4.45.